The molecule has 1 atom stereocenters. The average Bonchev–Trinajstić information content (AvgIpc) is 3.46. The molecule has 10 heteroatoms. The summed E-state index contributed by atoms with van der Waals surface area (Å²) in [7, 11) is 0. The number of aromatic nitrogens is 4. The van der Waals surface area contributed by atoms with Crippen LogP contribution >= 0.6 is 11.6 Å². The van der Waals surface area contributed by atoms with Crippen LogP contribution in [0.1, 0.15) is 12.0 Å². The lowest BCUT2D eigenvalue weighted by atomic mass is 10.1. The van der Waals surface area contributed by atoms with Gasteiger partial charge in [-0.3, -0.25) is 19.0 Å². The first kappa shape index (κ1) is 22.8. The summed E-state index contributed by atoms with van der Waals surface area (Å²) in [6.45, 7) is 1.40. The van der Waals surface area contributed by atoms with Gasteiger partial charge in [0.05, 0.1) is 25.2 Å². The molecule has 5 rings (SSSR count). The fourth-order valence-corrected chi connectivity index (χ4v) is 4.36. The maximum atomic E-state index is 12.9. The van der Waals surface area contributed by atoms with Crippen LogP contribution in [0.2, 0.25) is 5.02 Å². The number of carbonyl (C=O) groups excluding carboxylic acids is 2. The summed E-state index contributed by atoms with van der Waals surface area (Å²) in [6.07, 6.45) is 3.18. The van der Waals surface area contributed by atoms with Crippen LogP contribution in [-0.2, 0) is 22.7 Å². The van der Waals surface area contributed by atoms with Crippen molar-refractivity contribution in [1.82, 2.24) is 24.6 Å². The molecule has 35 heavy (non-hydrogen) atoms. The van der Waals surface area contributed by atoms with Crippen LogP contribution in [0, 0.1) is 5.92 Å². The number of nitrogens with one attached hydrogen (secondary N) is 1. The van der Waals surface area contributed by atoms with Gasteiger partial charge >= 0.3 is 0 Å². The molecule has 1 saturated heterocycles. The fraction of sp³-hybridized carbons (Fsp3) is 0.240. The van der Waals surface area contributed by atoms with E-state index < -0.39 is 5.92 Å². The zero-order valence-corrected chi connectivity index (χ0v) is 19.6. The van der Waals surface area contributed by atoms with Gasteiger partial charge in [-0.25, -0.2) is 9.67 Å². The topological polar surface area (TPSA) is 102 Å². The zero-order valence-electron chi connectivity index (χ0n) is 18.8. The van der Waals surface area contributed by atoms with Crippen molar-refractivity contribution in [3.8, 4) is 0 Å². The first-order valence-corrected chi connectivity index (χ1v) is 11.7. The van der Waals surface area contributed by atoms with Crippen molar-refractivity contribution in [2.45, 2.75) is 19.5 Å². The third-order valence-electron chi connectivity index (χ3n) is 6.07. The van der Waals surface area contributed by atoms with E-state index in [0.717, 1.165) is 11.3 Å². The molecule has 2 amide bonds. The molecule has 0 spiro atoms. The van der Waals surface area contributed by atoms with Gasteiger partial charge in [-0.15, -0.1) is 0 Å². The minimum Gasteiger partial charge on any atom is -0.354 e. The predicted octanol–water partition coefficient (Wildman–Crippen LogP) is 2.46. The highest BCUT2D eigenvalue weighted by Crippen LogP contribution is 2.26. The second-order valence-corrected chi connectivity index (χ2v) is 8.88. The fourth-order valence-electron chi connectivity index (χ4n) is 4.24. The SMILES string of the molecule is O=C(NCCn1ncc2c(=O)n(Cc3ccccc3)cnc21)C1CC(=O)N(c2ccc(Cl)cc2)C1. The Kier molecular flexibility index (Phi) is 6.33. The van der Waals surface area contributed by atoms with Gasteiger partial charge in [-0.05, 0) is 29.8 Å². The Bertz CT molecular complexity index is 1430. The maximum Gasteiger partial charge on any atom is 0.264 e. The van der Waals surface area contributed by atoms with E-state index in [9.17, 15) is 14.4 Å². The van der Waals surface area contributed by atoms with Crippen LogP contribution in [0.5, 0.6) is 0 Å². The minimum atomic E-state index is -0.434. The van der Waals surface area contributed by atoms with Gasteiger partial charge in [0.1, 0.15) is 11.7 Å². The second kappa shape index (κ2) is 9.71. The molecule has 2 aromatic heterocycles. The highest BCUT2D eigenvalue weighted by Gasteiger charge is 2.34. The van der Waals surface area contributed by atoms with Crippen molar-refractivity contribution in [3.63, 3.8) is 0 Å². The Labute approximate surface area is 205 Å². The van der Waals surface area contributed by atoms with Gasteiger partial charge in [0.25, 0.3) is 5.56 Å². The van der Waals surface area contributed by atoms with Crippen LogP contribution in [0.4, 0.5) is 5.69 Å². The van der Waals surface area contributed by atoms with Crippen LogP contribution < -0.4 is 15.8 Å². The van der Waals surface area contributed by atoms with Crippen molar-refractivity contribution in [2.75, 3.05) is 18.0 Å². The van der Waals surface area contributed by atoms with Gasteiger partial charge in [-0.2, -0.15) is 5.10 Å². The summed E-state index contributed by atoms with van der Waals surface area (Å²) in [5.41, 5.74) is 2.03. The Hall–Kier alpha value is -3.98. The molecular formula is C25H23ClN6O3. The van der Waals surface area contributed by atoms with Gasteiger partial charge in [-0.1, -0.05) is 41.9 Å². The number of amides is 2. The molecule has 0 aliphatic carbocycles. The zero-order chi connectivity index (χ0) is 24.4. The number of carbonyl (C=O) groups is 2. The van der Waals surface area contributed by atoms with E-state index in [-0.39, 0.29) is 23.8 Å². The van der Waals surface area contributed by atoms with E-state index in [1.54, 1.807) is 38.4 Å². The smallest absolute Gasteiger partial charge is 0.264 e. The molecule has 0 saturated carbocycles. The molecule has 178 valence electrons. The first-order valence-electron chi connectivity index (χ1n) is 11.3. The van der Waals surface area contributed by atoms with E-state index in [0.29, 0.717) is 42.2 Å². The van der Waals surface area contributed by atoms with Crippen molar-refractivity contribution in [1.29, 1.82) is 0 Å². The summed E-state index contributed by atoms with van der Waals surface area (Å²) in [4.78, 5) is 44.0. The Morgan fingerprint density at radius 2 is 1.86 bits per heavy atom. The summed E-state index contributed by atoms with van der Waals surface area (Å²) in [5, 5.41) is 8.18. The highest BCUT2D eigenvalue weighted by atomic mass is 35.5. The molecule has 0 radical (unpaired) electrons. The van der Waals surface area contributed by atoms with Gasteiger partial charge in [0, 0.05) is 30.2 Å². The molecule has 1 aliphatic heterocycles. The normalized spacial score (nSPS) is 15.6. The molecule has 2 aromatic carbocycles. The second-order valence-electron chi connectivity index (χ2n) is 8.44. The lowest BCUT2D eigenvalue weighted by molar-refractivity contribution is -0.126. The third-order valence-corrected chi connectivity index (χ3v) is 6.33. The number of rotatable bonds is 7. The molecule has 4 aromatic rings. The number of anilines is 1. The number of hydrogen-bond donors (Lipinski definition) is 1. The monoisotopic (exact) mass is 490 g/mol. The van der Waals surface area contributed by atoms with Gasteiger partial charge < -0.3 is 10.2 Å². The van der Waals surface area contributed by atoms with Crippen LogP contribution in [-0.4, -0.2) is 44.2 Å². The molecular weight excluding hydrogens is 468 g/mol. The molecule has 1 unspecified atom stereocenters. The van der Waals surface area contributed by atoms with Crippen molar-refractivity contribution >= 4 is 40.1 Å². The van der Waals surface area contributed by atoms with E-state index in [2.05, 4.69) is 15.4 Å². The quantitative estimate of drug-likeness (QED) is 0.429. The Morgan fingerprint density at radius 3 is 2.63 bits per heavy atom. The first-order chi connectivity index (χ1) is 17.0. The molecule has 3 heterocycles. The lowest BCUT2D eigenvalue weighted by Crippen LogP contribution is -2.35. The van der Waals surface area contributed by atoms with Crippen molar-refractivity contribution in [2.24, 2.45) is 5.92 Å². The number of nitrogens with zero attached hydrogens (tertiary/aromatic N) is 5. The number of benzene rings is 2. The summed E-state index contributed by atoms with van der Waals surface area (Å²) < 4.78 is 3.15. The highest BCUT2D eigenvalue weighted by molar-refractivity contribution is 6.30. The lowest BCUT2D eigenvalue weighted by Gasteiger charge is -2.16. The van der Waals surface area contributed by atoms with Crippen LogP contribution in [0.15, 0.2) is 71.9 Å². The number of halogens is 1. The van der Waals surface area contributed by atoms with Gasteiger partial charge in [0.2, 0.25) is 11.8 Å². The summed E-state index contributed by atoms with van der Waals surface area (Å²) in [6, 6.07) is 16.7. The van der Waals surface area contributed by atoms with Crippen molar-refractivity contribution < 1.29 is 9.59 Å². The Balaban J connectivity index is 1.19. The molecule has 1 fully saturated rings. The largest absolute Gasteiger partial charge is 0.354 e. The molecule has 9 nitrogen and oxygen atoms in total. The number of fused-ring (bicyclic) bond motifs is 1. The van der Waals surface area contributed by atoms with E-state index in [1.807, 2.05) is 30.3 Å². The third kappa shape index (κ3) is 4.81. The summed E-state index contributed by atoms with van der Waals surface area (Å²) >= 11 is 5.92. The van der Waals surface area contributed by atoms with Crippen LogP contribution in [0.3, 0.4) is 0 Å². The summed E-state index contributed by atoms with van der Waals surface area (Å²) in [5.74, 6) is -0.721. The Morgan fingerprint density at radius 1 is 1.09 bits per heavy atom. The predicted molar refractivity (Wildman–Crippen MR) is 132 cm³/mol. The molecule has 1 N–H and O–H groups in total. The van der Waals surface area contributed by atoms with E-state index >= 15 is 0 Å². The van der Waals surface area contributed by atoms with E-state index in [4.69, 9.17) is 11.6 Å². The average molecular weight is 491 g/mol. The minimum absolute atomic E-state index is 0.0958. The van der Waals surface area contributed by atoms with Crippen molar-refractivity contribution in [3.05, 3.63) is 88.1 Å². The molecule has 1 aliphatic rings. The molecule has 0 bridgehead atoms. The van der Waals surface area contributed by atoms with Crippen LogP contribution in [0.25, 0.3) is 11.0 Å². The van der Waals surface area contributed by atoms with Gasteiger partial charge in [0.15, 0.2) is 5.65 Å². The number of hydrogen-bond acceptors (Lipinski definition) is 5. The standard InChI is InChI=1S/C25H23ClN6O3/c26-19-6-8-20(9-7-19)31-15-18(12-22(31)33)24(34)27-10-11-32-23-21(13-29-32)25(35)30(16-28-23)14-17-4-2-1-3-5-17/h1-9,13,16,18H,10-12,14-15H2,(H,27,34). The maximum absolute atomic E-state index is 12.9. The van der Waals surface area contributed by atoms with E-state index in [1.165, 1.54) is 12.5 Å².